The van der Waals surface area contributed by atoms with Gasteiger partial charge in [-0.3, -0.25) is 0 Å². The summed E-state index contributed by atoms with van der Waals surface area (Å²) in [6.45, 7) is 4.67. The maximum Gasteiger partial charge on any atom is 0.157 e. The highest BCUT2D eigenvalue weighted by Gasteiger charge is 2.49. The van der Waals surface area contributed by atoms with E-state index in [2.05, 4.69) is 13.1 Å². The van der Waals surface area contributed by atoms with Crippen molar-refractivity contribution in [3.05, 3.63) is 11.1 Å². The first-order valence-electron chi connectivity index (χ1n) is 5.98. The molecule has 0 saturated heterocycles. The van der Waals surface area contributed by atoms with Crippen molar-refractivity contribution < 1.29 is 0 Å². The predicted molar refractivity (Wildman–Crippen MR) is 64.2 cm³/mol. The summed E-state index contributed by atoms with van der Waals surface area (Å²) in [6.07, 6.45) is 7.20. The van der Waals surface area contributed by atoms with Crippen LogP contribution in [0.15, 0.2) is 11.1 Å². The molecule has 14 heavy (non-hydrogen) atoms. The minimum Gasteiger partial charge on any atom is -0.167 e. The molecule has 0 heterocycles. The van der Waals surface area contributed by atoms with Crippen LogP contribution in [0.25, 0.3) is 0 Å². The smallest absolute Gasteiger partial charge is 0.157 e. The van der Waals surface area contributed by atoms with E-state index in [9.17, 15) is 0 Å². The van der Waals surface area contributed by atoms with Crippen molar-refractivity contribution in [2.45, 2.75) is 50.7 Å². The van der Waals surface area contributed by atoms with Crippen LogP contribution in [0.1, 0.15) is 32.1 Å². The summed E-state index contributed by atoms with van der Waals surface area (Å²) in [7, 11) is -1.43. The second kappa shape index (κ2) is 2.88. The average Bonchev–Trinajstić information content (AvgIpc) is 2.74. The van der Waals surface area contributed by atoms with Gasteiger partial charge in [-0.2, -0.15) is 11.1 Å². The van der Waals surface area contributed by atoms with Crippen LogP contribution >= 0.6 is 11.1 Å². The van der Waals surface area contributed by atoms with Crippen LogP contribution in [-0.4, -0.2) is 7.38 Å². The SMILES string of the molecule is C[Si](C)(Cl)C1CCC2C1=C1CCC2C1. The van der Waals surface area contributed by atoms with Crippen LogP contribution in [0.4, 0.5) is 0 Å². The standard InChI is InChI=1S/C12H19ClSi/c1-14(2,13)11-6-5-10-8-3-4-9(7-8)12(10)11/h8,10-11H,3-7H2,1-2H3. The lowest BCUT2D eigenvalue weighted by Crippen LogP contribution is -2.25. The molecular weight excluding hydrogens is 208 g/mol. The van der Waals surface area contributed by atoms with Crippen LogP contribution in [0.3, 0.4) is 0 Å². The lowest BCUT2D eigenvalue weighted by atomic mass is 9.88. The fourth-order valence-electron chi connectivity index (χ4n) is 4.11. The first-order chi connectivity index (χ1) is 6.57. The molecule has 0 spiro atoms. The highest BCUT2D eigenvalue weighted by molar-refractivity contribution is 7.20. The molecule has 3 unspecified atom stereocenters. The van der Waals surface area contributed by atoms with Crippen molar-refractivity contribution in [2.24, 2.45) is 11.8 Å². The minimum absolute atomic E-state index is 0.828. The van der Waals surface area contributed by atoms with Crippen LogP contribution in [0, 0.1) is 11.8 Å². The molecule has 2 saturated carbocycles. The van der Waals surface area contributed by atoms with E-state index in [1.165, 1.54) is 32.1 Å². The third kappa shape index (κ3) is 1.18. The van der Waals surface area contributed by atoms with Gasteiger partial charge in [-0.1, -0.05) is 24.2 Å². The van der Waals surface area contributed by atoms with E-state index in [0.717, 1.165) is 17.4 Å². The van der Waals surface area contributed by atoms with E-state index in [0.29, 0.717) is 0 Å². The van der Waals surface area contributed by atoms with Gasteiger partial charge in [0.25, 0.3) is 0 Å². The molecule has 3 aliphatic rings. The maximum absolute atomic E-state index is 6.65. The number of rotatable bonds is 1. The zero-order valence-electron chi connectivity index (χ0n) is 9.15. The molecule has 0 aromatic heterocycles. The summed E-state index contributed by atoms with van der Waals surface area (Å²) in [5.74, 6) is 2.02. The van der Waals surface area contributed by atoms with Gasteiger partial charge in [-0.15, -0.1) is 0 Å². The molecular formula is C12H19ClSi. The topological polar surface area (TPSA) is 0 Å². The van der Waals surface area contributed by atoms with Crippen LogP contribution in [0.2, 0.25) is 18.6 Å². The Morgan fingerprint density at radius 3 is 2.71 bits per heavy atom. The second-order valence-electron chi connectivity index (χ2n) is 5.86. The van der Waals surface area contributed by atoms with E-state index in [-0.39, 0.29) is 0 Å². The fraction of sp³-hybridized carbons (Fsp3) is 0.833. The summed E-state index contributed by atoms with van der Waals surface area (Å²) in [5.41, 5.74) is 4.53. The van der Waals surface area contributed by atoms with Crippen molar-refractivity contribution in [1.82, 2.24) is 0 Å². The van der Waals surface area contributed by atoms with Gasteiger partial charge >= 0.3 is 0 Å². The number of hydrogen-bond donors (Lipinski definition) is 0. The number of hydrogen-bond acceptors (Lipinski definition) is 0. The highest BCUT2D eigenvalue weighted by Crippen LogP contribution is 2.61. The van der Waals surface area contributed by atoms with Crippen molar-refractivity contribution in [3.63, 3.8) is 0 Å². The molecule has 0 aromatic rings. The Bertz CT molecular complexity index is 300. The monoisotopic (exact) mass is 226 g/mol. The van der Waals surface area contributed by atoms with Gasteiger partial charge in [0.15, 0.2) is 7.38 Å². The summed E-state index contributed by atoms with van der Waals surface area (Å²) >= 11 is 6.65. The van der Waals surface area contributed by atoms with Crippen LogP contribution < -0.4 is 0 Å². The zero-order valence-corrected chi connectivity index (χ0v) is 10.9. The molecule has 78 valence electrons. The quantitative estimate of drug-likeness (QED) is 0.355. The van der Waals surface area contributed by atoms with Gasteiger partial charge in [0.05, 0.1) is 0 Å². The van der Waals surface area contributed by atoms with E-state index in [1.807, 2.05) is 11.1 Å². The Kier molecular flexibility index (Phi) is 1.95. The van der Waals surface area contributed by atoms with Crippen LogP contribution in [-0.2, 0) is 0 Å². The summed E-state index contributed by atoms with van der Waals surface area (Å²) in [5, 5.41) is 0. The van der Waals surface area contributed by atoms with Crippen LogP contribution in [0.5, 0.6) is 0 Å². The third-order valence-corrected chi connectivity index (χ3v) is 7.72. The molecule has 0 aromatic carbocycles. The number of halogens is 1. The molecule has 0 amide bonds. The number of fused-ring (bicyclic) bond motifs is 4. The lowest BCUT2D eigenvalue weighted by Gasteiger charge is -2.27. The molecule has 3 aliphatic carbocycles. The normalized spacial score (nSPS) is 40.9. The fourth-order valence-corrected chi connectivity index (χ4v) is 6.80. The Morgan fingerprint density at radius 2 is 2.00 bits per heavy atom. The van der Waals surface area contributed by atoms with E-state index < -0.39 is 7.38 Å². The van der Waals surface area contributed by atoms with E-state index >= 15 is 0 Å². The number of allylic oxidation sites excluding steroid dienone is 2. The largest absolute Gasteiger partial charge is 0.167 e. The molecule has 3 rings (SSSR count). The molecule has 2 fully saturated rings. The first kappa shape index (κ1) is 9.47. The second-order valence-corrected chi connectivity index (χ2v) is 12.6. The Balaban J connectivity index is 1.98. The predicted octanol–water partition coefficient (Wildman–Crippen LogP) is 4.32. The van der Waals surface area contributed by atoms with Gasteiger partial charge in [0.2, 0.25) is 0 Å². The van der Waals surface area contributed by atoms with Gasteiger partial charge in [-0.05, 0) is 49.5 Å². The van der Waals surface area contributed by atoms with Gasteiger partial charge in [0.1, 0.15) is 0 Å². The van der Waals surface area contributed by atoms with Gasteiger partial charge in [0, 0.05) is 0 Å². The van der Waals surface area contributed by atoms with Crippen molar-refractivity contribution in [2.75, 3.05) is 0 Å². The Hall–Kier alpha value is 0.247. The molecule has 3 atom stereocenters. The van der Waals surface area contributed by atoms with E-state index in [4.69, 9.17) is 11.1 Å². The highest BCUT2D eigenvalue weighted by atomic mass is 35.6. The Morgan fingerprint density at radius 1 is 1.21 bits per heavy atom. The molecule has 0 N–H and O–H groups in total. The summed E-state index contributed by atoms with van der Waals surface area (Å²) in [4.78, 5) is 0. The molecule has 0 radical (unpaired) electrons. The molecule has 0 nitrogen and oxygen atoms in total. The molecule has 2 bridgehead atoms. The minimum atomic E-state index is -1.43. The summed E-state index contributed by atoms with van der Waals surface area (Å²) in [6, 6.07) is 0. The zero-order chi connectivity index (χ0) is 9.92. The third-order valence-electron chi connectivity index (χ3n) is 4.67. The maximum atomic E-state index is 6.65. The Labute approximate surface area is 92.4 Å². The van der Waals surface area contributed by atoms with Gasteiger partial charge < -0.3 is 0 Å². The summed E-state index contributed by atoms with van der Waals surface area (Å²) < 4.78 is 0. The van der Waals surface area contributed by atoms with Crippen molar-refractivity contribution in [1.29, 1.82) is 0 Å². The van der Waals surface area contributed by atoms with Crippen molar-refractivity contribution in [3.8, 4) is 0 Å². The molecule has 0 aliphatic heterocycles. The lowest BCUT2D eigenvalue weighted by molar-refractivity contribution is 0.411. The van der Waals surface area contributed by atoms with Crippen molar-refractivity contribution >= 4 is 18.5 Å². The first-order valence-corrected chi connectivity index (χ1v) is 10.1. The van der Waals surface area contributed by atoms with Gasteiger partial charge in [-0.25, -0.2) is 0 Å². The molecule has 2 heteroatoms. The average molecular weight is 227 g/mol. The van der Waals surface area contributed by atoms with E-state index in [1.54, 1.807) is 0 Å².